The highest BCUT2D eigenvalue weighted by molar-refractivity contribution is 5.81. The molecule has 9 aromatic carbocycles. The van der Waals surface area contributed by atoms with Gasteiger partial charge in [0.2, 0.25) is 0 Å². The summed E-state index contributed by atoms with van der Waals surface area (Å²) in [7, 11) is 0. The zero-order valence-electron chi connectivity index (χ0n) is 60.6. The Labute approximate surface area is 494 Å². The van der Waals surface area contributed by atoms with Crippen molar-refractivity contribution in [1.29, 1.82) is 0 Å². The third kappa shape index (κ3) is 18.0. The lowest BCUT2D eigenvalue weighted by Gasteiger charge is -2.27. The fraction of sp³-hybridized carbons (Fsp3) is 0.316. The van der Waals surface area contributed by atoms with E-state index in [9.17, 15) is 0 Å². The van der Waals surface area contributed by atoms with Crippen LogP contribution in [-0.4, -0.2) is 0 Å². The Bertz CT molecular complexity index is 3520. The van der Waals surface area contributed by atoms with Crippen molar-refractivity contribution < 1.29 is 12.3 Å². The summed E-state index contributed by atoms with van der Waals surface area (Å²) in [6, 6.07) is 53.9. The van der Waals surface area contributed by atoms with E-state index in [0.29, 0.717) is 22.1 Å². The summed E-state index contributed by atoms with van der Waals surface area (Å²) < 4.78 is 74.4. The molecule has 0 bridgehead atoms. The summed E-state index contributed by atoms with van der Waals surface area (Å²) in [5.74, 6) is 0. The van der Waals surface area contributed by atoms with E-state index in [1.807, 2.05) is 20.8 Å². The minimum absolute atomic E-state index is 0.0464. The first-order valence-electron chi connectivity index (χ1n) is 32.5. The highest BCUT2D eigenvalue weighted by Crippen LogP contribution is 2.42. The quantitative estimate of drug-likeness (QED) is 0.165. The molecule has 0 aromatic heterocycles. The van der Waals surface area contributed by atoms with Crippen molar-refractivity contribution in [2.75, 3.05) is 0 Å². The van der Waals surface area contributed by atoms with Crippen LogP contribution in [0.2, 0.25) is 0 Å². The predicted octanol–water partition coefficient (Wildman–Crippen LogP) is 23.1. The maximum absolute atomic E-state index is 8.52. The van der Waals surface area contributed by atoms with Crippen molar-refractivity contribution in [3.8, 4) is 44.5 Å². The molecule has 0 heterocycles. The van der Waals surface area contributed by atoms with Crippen LogP contribution in [0.25, 0.3) is 44.5 Å². The smallest absolute Gasteiger partial charge is 0.0622 e. The number of benzene rings is 9. The molecule has 0 nitrogen and oxygen atoms in total. The molecule has 0 aliphatic carbocycles. The standard InChI is InChI=1S/C23H24.C22H22.2C12H18.C10H14/c1-17-13-15-19(16-14-17)21-12-8-11-20(22(21)23(2,3)4)18-9-6-5-7-10-18;1-22(2,3)21-19(17-11-6-4-7-12-17)15-10-16-20(21)18-13-8-5-9-14-18;2*1-9-7-6-8-10(2)11(9)12(3,4)5;1-10(2,3)9-7-5-4-6-8-9/h5-16H,1-4H3;4-16H,1-3H3;2*6-8H,1-5H3;4-8H,1-3H3/i5D,6D,7D,9D,10D,13D,14D,15D,16D;;;;. The van der Waals surface area contributed by atoms with E-state index >= 15 is 0 Å². The van der Waals surface area contributed by atoms with E-state index in [2.05, 4.69) is 256 Å². The van der Waals surface area contributed by atoms with E-state index in [0.717, 1.165) is 0 Å². The zero-order chi connectivity index (χ0) is 66.2. The van der Waals surface area contributed by atoms with Gasteiger partial charge < -0.3 is 0 Å². The molecule has 0 fully saturated rings. The summed E-state index contributed by atoms with van der Waals surface area (Å²) in [6.07, 6.45) is 0. The third-order valence-electron chi connectivity index (χ3n) is 13.7. The molecular weight excluding hydrogens is 949 g/mol. The first-order valence-corrected chi connectivity index (χ1v) is 28.0. The number of hydrogen-bond donors (Lipinski definition) is 0. The van der Waals surface area contributed by atoms with Crippen LogP contribution in [0, 0.1) is 34.6 Å². The van der Waals surface area contributed by atoms with Crippen LogP contribution in [-0.2, 0) is 27.1 Å². The normalized spacial score (nSPS) is 13.1. The first kappa shape index (κ1) is 50.2. The molecule has 0 heteroatoms. The van der Waals surface area contributed by atoms with Gasteiger partial charge in [0.25, 0.3) is 0 Å². The zero-order valence-corrected chi connectivity index (χ0v) is 51.6. The van der Waals surface area contributed by atoms with Crippen LogP contribution in [0.1, 0.15) is 172 Å². The maximum Gasteiger partial charge on any atom is 0.0629 e. The molecule has 0 saturated heterocycles. The Balaban J connectivity index is 0.000000217. The first-order chi connectivity index (χ1) is 40.7. The summed E-state index contributed by atoms with van der Waals surface area (Å²) in [5.41, 5.74) is 18.8. The Morgan fingerprint density at radius 2 is 0.519 bits per heavy atom. The number of rotatable bonds is 4. The van der Waals surface area contributed by atoms with Crippen molar-refractivity contribution in [2.24, 2.45) is 0 Å². The SMILES string of the molecule is CC(C)(C)c1c(-c2ccccc2)cccc1-c1ccccc1.CC(C)(C)c1ccccc1.Cc1cccc(C)c1C(C)(C)C.Cc1cccc(C)c1C(C)(C)C.[2H]c1c([2H])c([2H])c(-c2cccc(-c3c([2H])c([2H])c(C)c([2H])c3[2H])c2C(C)(C)C)c([2H])c1[2H]. The Kier molecular flexibility index (Phi) is 17.3. The summed E-state index contributed by atoms with van der Waals surface area (Å²) in [5, 5.41) is 0. The molecule has 0 saturated carbocycles. The van der Waals surface area contributed by atoms with Gasteiger partial charge in [0.15, 0.2) is 0 Å². The monoisotopic (exact) mass is 1050 g/mol. The van der Waals surface area contributed by atoms with E-state index in [4.69, 9.17) is 12.3 Å². The van der Waals surface area contributed by atoms with Gasteiger partial charge in [-0.15, -0.1) is 0 Å². The Morgan fingerprint density at radius 1 is 0.241 bits per heavy atom. The molecule has 9 aromatic rings. The lowest BCUT2D eigenvalue weighted by atomic mass is 9.77. The fourth-order valence-electron chi connectivity index (χ4n) is 10.7. The van der Waals surface area contributed by atoms with Gasteiger partial charge in [0, 0.05) is 0 Å². The largest absolute Gasteiger partial charge is 0.0629 e. The second-order valence-electron chi connectivity index (χ2n) is 25.8. The van der Waals surface area contributed by atoms with Crippen LogP contribution in [0.4, 0.5) is 0 Å². The summed E-state index contributed by atoms with van der Waals surface area (Å²) in [4.78, 5) is 0. The Hall–Kier alpha value is -7.02. The van der Waals surface area contributed by atoms with Gasteiger partial charge >= 0.3 is 0 Å². The van der Waals surface area contributed by atoms with Crippen molar-refractivity contribution in [3.05, 3.63) is 274 Å². The molecule has 0 atom stereocenters. The average molecular weight is 1050 g/mol. The van der Waals surface area contributed by atoms with Crippen molar-refractivity contribution >= 4 is 0 Å². The van der Waals surface area contributed by atoms with Gasteiger partial charge in [-0.3, -0.25) is 0 Å². The van der Waals surface area contributed by atoms with Gasteiger partial charge in [0.1, 0.15) is 0 Å². The molecule has 0 aliphatic rings. The van der Waals surface area contributed by atoms with Gasteiger partial charge in [0.05, 0.1) is 12.3 Å². The highest BCUT2D eigenvalue weighted by atomic mass is 14.3. The lowest BCUT2D eigenvalue weighted by molar-refractivity contribution is 0.581. The second-order valence-corrected chi connectivity index (χ2v) is 25.8. The average Bonchev–Trinajstić information content (AvgIpc) is 1.14. The van der Waals surface area contributed by atoms with Gasteiger partial charge in [-0.05, 0) is 156 Å². The molecule has 0 radical (unpaired) electrons. The molecule has 9 rings (SSSR count). The van der Waals surface area contributed by atoms with Crippen LogP contribution in [0.3, 0.4) is 0 Å². The third-order valence-corrected chi connectivity index (χ3v) is 13.7. The van der Waals surface area contributed by atoms with Crippen molar-refractivity contribution in [2.45, 2.75) is 166 Å². The van der Waals surface area contributed by atoms with Crippen molar-refractivity contribution in [3.63, 3.8) is 0 Å². The van der Waals surface area contributed by atoms with E-state index < -0.39 is 23.5 Å². The minimum Gasteiger partial charge on any atom is -0.0622 e. The topological polar surface area (TPSA) is 0 Å². The molecule has 0 N–H and O–H groups in total. The van der Waals surface area contributed by atoms with Crippen LogP contribution in [0.15, 0.2) is 218 Å². The lowest BCUT2D eigenvalue weighted by Crippen LogP contribution is -2.14. The van der Waals surface area contributed by atoms with Crippen molar-refractivity contribution in [1.82, 2.24) is 0 Å². The van der Waals surface area contributed by atoms with E-state index in [-0.39, 0.29) is 69.2 Å². The maximum atomic E-state index is 8.52. The van der Waals surface area contributed by atoms with Gasteiger partial charge in [-0.2, -0.15) is 0 Å². The molecule has 79 heavy (non-hydrogen) atoms. The van der Waals surface area contributed by atoms with Crippen LogP contribution in [0.5, 0.6) is 0 Å². The summed E-state index contributed by atoms with van der Waals surface area (Å²) >= 11 is 0. The molecule has 412 valence electrons. The molecule has 0 aliphatic heterocycles. The number of hydrogen-bond acceptors (Lipinski definition) is 0. The van der Waals surface area contributed by atoms with E-state index in [1.165, 1.54) is 73.7 Å². The molecule has 0 unspecified atom stereocenters. The second kappa shape index (κ2) is 27.2. The van der Waals surface area contributed by atoms with Gasteiger partial charge in [-0.1, -0.05) is 328 Å². The van der Waals surface area contributed by atoms with Gasteiger partial charge in [-0.25, -0.2) is 0 Å². The molecular formula is C79H96. The number of aryl methyl sites for hydroxylation is 4. The van der Waals surface area contributed by atoms with Crippen LogP contribution < -0.4 is 0 Å². The predicted molar refractivity (Wildman–Crippen MR) is 351 cm³/mol. The highest BCUT2D eigenvalue weighted by Gasteiger charge is 2.25. The molecule has 0 spiro atoms. The summed E-state index contributed by atoms with van der Waals surface area (Å²) in [6.45, 7) is 43.1. The molecule has 0 amide bonds. The Morgan fingerprint density at radius 3 is 0.797 bits per heavy atom. The van der Waals surface area contributed by atoms with E-state index in [1.54, 1.807) is 18.2 Å². The van der Waals surface area contributed by atoms with Crippen LogP contribution >= 0.6 is 0 Å². The fourth-order valence-corrected chi connectivity index (χ4v) is 10.7. The minimum atomic E-state index is -0.608.